The highest BCUT2D eigenvalue weighted by molar-refractivity contribution is 8.10. The molecule has 0 bridgehead atoms. The highest BCUT2D eigenvalue weighted by Gasteiger charge is 2.47. The fourth-order valence-corrected chi connectivity index (χ4v) is 4.37. The molecule has 2 N–H and O–H groups in total. The van der Waals surface area contributed by atoms with Crippen molar-refractivity contribution in [2.24, 2.45) is 0 Å². The van der Waals surface area contributed by atoms with Gasteiger partial charge in [-0.15, -0.1) is 4.33 Å². The van der Waals surface area contributed by atoms with Crippen molar-refractivity contribution in [2.45, 2.75) is 114 Å². The quantitative estimate of drug-likeness (QED) is 0.0796. The molecule has 0 aromatic rings. The summed E-state index contributed by atoms with van der Waals surface area (Å²) in [6.45, 7) is 2.18. The van der Waals surface area contributed by atoms with Crippen LogP contribution in [0.3, 0.4) is 0 Å². The first-order chi connectivity index (χ1) is 13.9. The molecule has 0 spiro atoms. The lowest BCUT2D eigenvalue weighted by molar-refractivity contribution is -0.433. The monoisotopic (exact) mass is 463 g/mol. The molecule has 176 valence electrons. The Morgan fingerprint density at radius 1 is 0.793 bits per heavy atom. The molecule has 10 heteroatoms. The lowest BCUT2D eigenvalue weighted by Gasteiger charge is -2.14. The third kappa shape index (κ3) is 16.4. The van der Waals surface area contributed by atoms with Gasteiger partial charge in [0.25, 0.3) is 10.0 Å². The van der Waals surface area contributed by atoms with Crippen LogP contribution in [0, 0.1) is 0 Å². The van der Waals surface area contributed by atoms with Crippen molar-refractivity contribution in [3.8, 4) is 0 Å². The largest absolute Gasteiger partial charge is 0.433 e. The summed E-state index contributed by atoms with van der Waals surface area (Å²) in [5.74, 6) is 0. The number of sulfonamides is 1. The van der Waals surface area contributed by atoms with Gasteiger partial charge in [-0.3, -0.25) is 0 Å². The summed E-state index contributed by atoms with van der Waals surface area (Å²) in [4.78, 5) is 0. The van der Waals surface area contributed by atoms with Crippen LogP contribution in [0.25, 0.3) is 0 Å². The molecule has 0 aliphatic rings. The van der Waals surface area contributed by atoms with Crippen LogP contribution in [0.4, 0.5) is 8.78 Å². The van der Waals surface area contributed by atoms with Gasteiger partial charge in [-0.25, -0.2) is 18.4 Å². The van der Waals surface area contributed by atoms with Crippen molar-refractivity contribution in [1.29, 1.82) is 0 Å². The molecule has 0 atom stereocenters. The highest BCUT2D eigenvalue weighted by Crippen LogP contribution is 2.34. The Hall–Kier alpha value is -0.0000000000000000694. The minimum atomic E-state index is -4.89. The number of alkyl halides is 2. The molecule has 6 nitrogen and oxygen atoms in total. The third-order valence-electron chi connectivity index (χ3n) is 4.80. The van der Waals surface area contributed by atoms with Gasteiger partial charge < -0.3 is 0 Å². The van der Waals surface area contributed by atoms with E-state index in [1.807, 2.05) is 4.72 Å². The summed E-state index contributed by atoms with van der Waals surface area (Å²) in [5.41, 5.74) is 0. The van der Waals surface area contributed by atoms with Crippen LogP contribution < -0.4 is 4.72 Å². The average Bonchev–Trinajstić information content (AvgIpc) is 2.68. The van der Waals surface area contributed by atoms with Gasteiger partial charge in [-0.2, -0.15) is 8.78 Å². The van der Waals surface area contributed by atoms with Crippen LogP contribution in [0.15, 0.2) is 0 Å². The molecule has 0 aromatic heterocycles. The summed E-state index contributed by atoms with van der Waals surface area (Å²) in [5, 5.41) is 10.8. The molecule has 0 heterocycles. The Labute approximate surface area is 179 Å². The van der Waals surface area contributed by atoms with E-state index < -0.39 is 26.7 Å². The first-order valence-electron chi connectivity index (χ1n) is 10.9. The van der Waals surface area contributed by atoms with E-state index in [1.165, 1.54) is 70.6 Å². The van der Waals surface area contributed by atoms with Crippen molar-refractivity contribution in [3.63, 3.8) is 0 Å². The first kappa shape index (κ1) is 29.0. The fourth-order valence-electron chi connectivity index (χ4n) is 3.06. The fraction of sp³-hybridized carbons (Fsp3) is 1.00. The normalized spacial score (nSPS) is 12.6. The van der Waals surface area contributed by atoms with E-state index in [9.17, 15) is 17.2 Å². The lowest BCUT2D eigenvalue weighted by Crippen LogP contribution is -2.38. The third-order valence-corrected chi connectivity index (χ3v) is 7.19. The van der Waals surface area contributed by atoms with E-state index in [2.05, 4.69) is 16.3 Å². The van der Waals surface area contributed by atoms with Crippen LogP contribution in [0.5, 0.6) is 0 Å². The summed E-state index contributed by atoms with van der Waals surface area (Å²) in [6, 6.07) is 0. The Bertz CT molecular complexity index is 468. The zero-order valence-corrected chi connectivity index (χ0v) is 19.3. The zero-order valence-electron chi connectivity index (χ0n) is 17.7. The number of nitrogens with one attached hydrogen (secondary N) is 1. The Morgan fingerprint density at radius 2 is 1.17 bits per heavy atom. The predicted molar refractivity (Wildman–Crippen MR) is 114 cm³/mol. The van der Waals surface area contributed by atoms with Crippen molar-refractivity contribution >= 4 is 22.1 Å². The van der Waals surface area contributed by atoms with E-state index in [1.54, 1.807) is 0 Å². The molecule has 29 heavy (non-hydrogen) atoms. The first-order valence-corrected chi connectivity index (χ1v) is 13.1. The minimum absolute atomic E-state index is 0.0586. The van der Waals surface area contributed by atoms with Gasteiger partial charge in [-0.1, -0.05) is 108 Å². The van der Waals surface area contributed by atoms with Crippen LogP contribution >= 0.6 is 12.0 Å². The van der Waals surface area contributed by atoms with Gasteiger partial charge in [0.05, 0.1) is 0 Å². The predicted octanol–water partition coefficient (Wildman–Crippen LogP) is 6.79. The van der Waals surface area contributed by atoms with Gasteiger partial charge in [0, 0.05) is 6.54 Å². The van der Waals surface area contributed by atoms with Gasteiger partial charge in [0.15, 0.2) is 0 Å². The SMILES string of the molecule is CCCCCCCCCCCCCCCCCCNS(=O)(=O)C(F)(F)SOOO. The van der Waals surface area contributed by atoms with Crippen LogP contribution in [0.2, 0.25) is 0 Å². The summed E-state index contributed by atoms with van der Waals surface area (Å²) >= 11 is -0.781. The van der Waals surface area contributed by atoms with Crippen molar-refractivity contribution < 1.29 is 31.8 Å². The molecule has 0 saturated carbocycles. The Kier molecular flexibility index (Phi) is 18.7. The molecule has 0 unspecified atom stereocenters. The van der Waals surface area contributed by atoms with E-state index in [-0.39, 0.29) is 6.54 Å². The molecule has 0 saturated heterocycles. The second kappa shape index (κ2) is 18.7. The van der Waals surface area contributed by atoms with E-state index in [0.717, 1.165) is 25.7 Å². The molecule has 0 rings (SSSR count). The topological polar surface area (TPSA) is 84.9 Å². The molecular formula is C19H39F2NO5S2. The molecular weight excluding hydrogens is 424 g/mol. The summed E-state index contributed by atoms with van der Waals surface area (Å²) in [6.07, 6.45) is 19.1. The average molecular weight is 464 g/mol. The Balaban J connectivity index is 3.41. The smallest absolute Gasteiger partial charge is 0.220 e. The van der Waals surface area contributed by atoms with Gasteiger partial charge in [0.2, 0.25) is 0 Å². The number of hydrogen-bond donors (Lipinski definition) is 2. The van der Waals surface area contributed by atoms with Gasteiger partial charge in [0.1, 0.15) is 12.0 Å². The van der Waals surface area contributed by atoms with Gasteiger partial charge in [-0.05, 0) is 6.42 Å². The van der Waals surface area contributed by atoms with Crippen molar-refractivity contribution in [2.75, 3.05) is 6.54 Å². The maximum Gasteiger partial charge on any atom is 0.433 e. The van der Waals surface area contributed by atoms with Crippen molar-refractivity contribution in [1.82, 2.24) is 4.72 Å². The van der Waals surface area contributed by atoms with E-state index in [4.69, 9.17) is 5.26 Å². The summed E-state index contributed by atoms with van der Waals surface area (Å²) < 4.78 is 50.5. The number of hydrogen-bond acceptors (Lipinski definition) is 6. The Morgan fingerprint density at radius 3 is 1.55 bits per heavy atom. The second-order valence-electron chi connectivity index (χ2n) is 7.39. The van der Waals surface area contributed by atoms with Crippen LogP contribution in [0.1, 0.15) is 110 Å². The number of halogens is 2. The standard InChI is InChI=1S/C19H39F2NO5S2/c1-2-3-4-5-6-7-8-9-10-11-12-13-14-15-16-17-18-22-29(24,25)19(20,21)28-27-26-23/h22-23H,2-18H2,1H3. The zero-order chi connectivity index (χ0) is 21.8. The number of unbranched alkanes of at least 4 members (excludes halogenated alkanes) is 15. The van der Waals surface area contributed by atoms with Crippen LogP contribution in [-0.4, -0.2) is 24.8 Å². The number of rotatable bonds is 22. The second-order valence-corrected chi connectivity index (χ2v) is 10.3. The van der Waals surface area contributed by atoms with Gasteiger partial charge >= 0.3 is 4.59 Å². The highest BCUT2D eigenvalue weighted by atomic mass is 32.3. The molecule has 0 fully saturated rings. The molecule has 0 radical (unpaired) electrons. The van der Waals surface area contributed by atoms with Crippen molar-refractivity contribution in [3.05, 3.63) is 0 Å². The molecule has 0 amide bonds. The maximum atomic E-state index is 13.3. The lowest BCUT2D eigenvalue weighted by atomic mass is 10.0. The van der Waals surface area contributed by atoms with E-state index >= 15 is 0 Å². The minimum Gasteiger partial charge on any atom is -0.220 e. The molecule has 0 aromatic carbocycles. The van der Waals surface area contributed by atoms with Crippen LogP contribution in [-0.2, 0) is 19.4 Å². The molecule has 0 aliphatic carbocycles. The van der Waals surface area contributed by atoms with E-state index in [0.29, 0.717) is 6.42 Å². The molecule has 0 aliphatic heterocycles. The maximum absolute atomic E-state index is 13.3. The summed E-state index contributed by atoms with van der Waals surface area (Å²) in [7, 11) is -4.89.